The topological polar surface area (TPSA) is 102 Å². The average molecular weight is 559 g/mol. The summed E-state index contributed by atoms with van der Waals surface area (Å²) in [6.45, 7) is 2.54. The first-order valence-electron chi connectivity index (χ1n) is 13.6. The van der Waals surface area contributed by atoms with Gasteiger partial charge in [0.05, 0.1) is 21.3 Å². The quantitative estimate of drug-likeness (QED) is 0.307. The summed E-state index contributed by atoms with van der Waals surface area (Å²) < 4.78 is 16.1. The van der Waals surface area contributed by atoms with Gasteiger partial charge in [0.25, 0.3) is 11.7 Å². The smallest absolute Gasteiger partial charge is 0.295 e. The second-order valence-corrected chi connectivity index (χ2v) is 9.99. The van der Waals surface area contributed by atoms with E-state index in [0.717, 1.165) is 11.4 Å². The van der Waals surface area contributed by atoms with Gasteiger partial charge in [-0.25, -0.2) is 4.98 Å². The number of anilines is 1. The molecule has 10 heteroatoms. The molecular weight excluding hydrogens is 524 g/mol. The van der Waals surface area contributed by atoms with E-state index in [2.05, 4.69) is 9.88 Å². The average Bonchev–Trinajstić information content (AvgIpc) is 3.49. The van der Waals surface area contributed by atoms with Crippen LogP contribution in [-0.4, -0.2) is 92.5 Å². The van der Waals surface area contributed by atoms with E-state index < -0.39 is 17.7 Å². The number of carbonyl (C=O) groups excluding carboxylic acids is 3. The van der Waals surface area contributed by atoms with Gasteiger partial charge in [-0.3, -0.25) is 14.4 Å². The van der Waals surface area contributed by atoms with E-state index in [1.54, 1.807) is 11.1 Å². The minimum atomic E-state index is -0.794. The molecular formula is C31H34N4O6. The molecule has 2 aromatic carbocycles. The first-order valence-corrected chi connectivity index (χ1v) is 13.6. The Kier molecular flexibility index (Phi) is 8.37. The van der Waals surface area contributed by atoms with Crippen LogP contribution in [0.15, 0.2) is 66.9 Å². The lowest BCUT2D eigenvalue weighted by molar-refractivity contribution is -0.142. The number of benzene rings is 2. The van der Waals surface area contributed by atoms with Gasteiger partial charge in [-0.15, -0.1) is 0 Å². The molecule has 1 unspecified atom stereocenters. The lowest BCUT2D eigenvalue weighted by Crippen LogP contribution is -2.56. The molecule has 2 aliphatic heterocycles. The summed E-state index contributed by atoms with van der Waals surface area (Å²) in [6, 6.07) is 17.6. The van der Waals surface area contributed by atoms with E-state index in [1.807, 2.05) is 48.5 Å². The van der Waals surface area contributed by atoms with Crippen molar-refractivity contribution in [2.75, 3.05) is 59.0 Å². The zero-order chi connectivity index (χ0) is 28.9. The van der Waals surface area contributed by atoms with E-state index >= 15 is 0 Å². The van der Waals surface area contributed by atoms with E-state index in [0.29, 0.717) is 44.9 Å². The standard InChI is InChI=1S/C31H34N4O6/c1-39-24-19-22(20-25(40-2)29(24)41-3)28(36)31(38)35-14-12-23(21-9-5-4-6-10-21)27(35)30(37)34-17-15-33(16-18-34)26-11-7-8-13-32-26/h4-11,13,19-20,23,27H,12,14-18H2,1-3H3/t23-,27?/m1/s1. The van der Waals surface area contributed by atoms with Crippen LogP contribution in [0.25, 0.3) is 0 Å². The van der Waals surface area contributed by atoms with Crippen LogP contribution in [-0.2, 0) is 9.59 Å². The third-order valence-corrected chi connectivity index (χ3v) is 7.83. The predicted molar refractivity (Wildman–Crippen MR) is 153 cm³/mol. The maximum Gasteiger partial charge on any atom is 0.295 e. The Morgan fingerprint density at radius 2 is 1.46 bits per heavy atom. The summed E-state index contributed by atoms with van der Waals surface area (Å²) in [5.74, 6) is -0.122. The highest BCUT2D eigenvalue weighted by molar-refractivity contribution is 6.43. The predicted octanol–water partition coefficient (Wildman–Crippen LogP) is 3.02. The van der Waals surface area contributed by atoms with Crippen LogP contribution in [0.4, 0.5) is 5.82 Å². The van der Waals surface area contributed by atoms with Crippen LogP contribution >= 0.6 is 0 Å². The number of ether oxygens (including phenoxy) is 3. The number of nitrogens with zero attached hydrogens (tertiary/aromatic N) is 4. The number of aromatic nitrogens is 1. The molecule has 2 aliphatic rings. The van der Waals surface area contributed by atoms with Crippen molar-refractivity contribution in [1.82, 2.24) is 14.8 Å². The number of hydrogen-bond donors (Lipinski definition) is 0. The highest BCUT2D eigenvalue weighted by atomic mass is 16.5. The Labute approximate surface area is 239 Å². The molecule has 0 N–H and O–H groups in total. The second kappa shape index (κ2) is 12.3. The van der Waals surface area contributed by atoms with Gasteiger partial charge in [-0.2, -0.15) is 0 Å². The van der Waals surface area contributed by atoms with E-state index in [9.17, 15) is 14.4 Å². The van der Waals surface area contributed by atoms with Gasteiger partial charge in [0.1, 0.15) is 11.9 Å². The molecule has 10 nitrogen and oxygen atoms in total. The fraction of sp³-hybridized carbons (Fsp3) is 0.355. The minimum absolute atomic E-state index is 0.0998. The Hall–Kier alpha value is -4.60. The van der Waals surface area contributed by atoms with Crippen molar-refractivity contribution in [3.8, 4) is 17.2 Å². The minimum Gasteiger partial charge on any atom is -0.493 e. The summed E-state index contributed by atoms with van der Waals surface area (Å²) in [4.78, 5) is 51.3. The van der Waals surface area contributed by atoms with Gasteiger partial charge in [0, 0.05) is 50.4 Å². The molecule has 214 valence electrons. The molecule has 5 rings (SSSR count). The van der Waals surface area contributed by atoms with Crippen molar-refractivity contribution in [3.63, 3.8) is 0 Å². The van der Waals surface area contributed by atoms with Gasteiger partial charge in [0.15, 0.2) is 11.5 Å². The third kappa shape index (κ3) is 5.54. The summed E-state index contributed by atoms with van der Waals surface area (Å²) in [5.41, 5.74) is 1.07. The number of pyridine rings is 1. The molecule has 0 spiro atoms. The van der Waals surface area contributed by atoms with Crippen LogP contribution in [0.5, 0.6) is 17.2 Å². The van der Waals surface area contributed by atoms with Crippen molar-refractivity contribution in [3.05, 3.63) is 78.0 Å². The summed E-state index contributed by atoms with van der Waals surface area (Å²) in [5, 5.41) is 0. The lowest BCUT2D eigenvalue weighted by atomic mass is 9.90. The lowest BCUT2D eigenvalue weighted by Gasteiger charge is -2.38. The number of ketones is 1. The number of methoxy groups -OCH3 is 3. The zero-order valence-corrected chi connectivity index (χ0v) is 23.5. The maximum absolute atomic E-state index is 14.1. The van der Waals surface area contributed by atoms with Crippen molar-refractivity contribution in [2.24, 2.45) is 0 Å². The molecule has 0 bridgehead atoms. The first-order chi connectivity index (χ1) is 20.0. The number of hydrogen-bond acceptors (Lipinski definition) is 8. The van der Waals surface area contributed by atoms with Crippen LogP contribution in [0.1, 0.15) is 28.3 Å². The molecule has 0 aliphatic carbocycles. The highest BCUT2D eigenvalue weighted by Gasteiger charge is 2.46. The normalized spacial score (nSPS) is 18.7. The van der Waals surface area contributed by atoms with Gasteiger partial charge in [0.2, 0.25) is 11.7 Å². The fourth-order valence-corrected chi connectivity index (χ4v) is 5.72. The first kappa shape index (κ1) is 27.9. The molecule has 2 atom stereocenters. The van der Waals surface area contributed by atoms with Crippen molar-refractivity contribution in [2.45, 2.75) is 18.4 Å². The number of rotatable bonds is 8. The van der Waals surface area contributed by atoms with Crippen molar-refractivity contribution in [1.29, 1.82) is 0 Å². The molecule has 2 amide bonds. The largest absolute Gasteiger partial charge is 0.493 e. The van der Waals surface area contributed by atoms with Gasteiger partial charge >= 0.3 is 0 Å². The maximum atomic E-state index is 14.1. The van der Waals surface area contributed by atoms with Gasteiger partial charge in [-0.1, -0.05) is 36.4 Å². The van der Waals surface area contributed by atoms with Gasteiger partial charge < -0.3 is 28.9 Å². The van der Waals surface area contributed by atoms with E-state index in [4.69, 9.17) is 14.2 Å². The Bertz CT molecular complexity index is 1370. The number of piperazine rings is 1. The number of likely N-dealkylation sites (tertiary alicyclic amines) is 1. The second-order valence-electron chi connectivity index (χ2n) is 9.99. The van der Waals surface area contributed by atoms with Gasteiger partial charge in [-0.05, 0) is 36.2 Å². The number of amides is 2. The highest BCUT2D eigenvalue weighted by Crippen LogP contribution is 2.39. The molecule has 0 saturated carbocycles. The van der Waals surface area contributed by atoms with E-state index in [-0.39, 0.29) is 28.9 Å². The molecule has 1 aromatic heterocycles. The summed E-state index contributed by atoms with van der Waals surface area (Å²) >= 11 is 0. The molecule has 2 fully saturated rings. The van der Waals surface area contributed by atoms with Crippen molar-refractivity contribution < 1.29 is 28.6 Å². The monoisotopic (exact) mass is 558 g/mol. The third-order valence-electron chi connectivity index (χ3n) is 7.83. The summed E-state index contributed by atoms with van der Waals surface area (Å²) in [6.07, 6.45) is 2.33. The van der Waals surface area contributed by atoms with Crippen LogP contribution in [0.3, 0.4) is 0 Å². The van der Waals surface area contributed by atoms with E-state index in [1.165, 1.54) is 38.4 Å². The Morgan fingerprint density at radius 3 is 2.05 bits per heavy atom. The number of carbonyl (C=O) groups is 3. The number of Topliss-reactive ketones (excluding diaryl/α,β-unsaturated/α-hetero) is 1. The fourth-order valence-electron chi connectivity index (χ4n) is 5.72. The zero-order valence-electron chi connectivity index (χ0n) is 23.5. The molecule has 0 radical (unpaired) electrons. The van der Waals surface area contributed by atoms with Crippen LogP contribution in [0.2, 0.25) is 0 Å². The molecule has 2 saturated heterocycles. The molecule has 3 aromatic rings. The van der Waals surface area contributed by atoms with Crippen molar-refractivity contribution >= 4 is 23.4 Å². The molecule has 3 heterocycles. The molecule has 41 heavy (non-hydrogen) atoms. The summed E-state index contributed by atoms with van der Waals surface area (Å²) in [7, 11) is 4.36. The Balaban J connectivity index is 1.41. The SMILES string of the molecule is COc1cc(C(=O)C(=O)N2CC[C@H](c3ccccc3)C2C(=O)N2CCN(c3ccccn3)CC2)cc(OC)c1OC. The van der Waals surface area contributed by atoms with Crippen LogP contribution < -0.4 is 19.1 Å². The Morgan fingerprint density at radius 1 is 0.805 bits per heavy atom. The van der Waals surface area contributed by atoms with Crippen LogP contribution in [0, 0.1) is 0 Å².